The van der Waals surface area contributed by atoms with Gasteiger partial charge in [0, 0.05) is 6.54 Å². The highest BCUT2D eigenvalue weighted by Crippen LogP contribution is 2.36. The van der Waals surface area contributed by atoms with Gasteiger partial charge in [-0.3, -0.25) is 0 Å². The molecule has 3 rings (SSSR count). The van der Waals surface area contributed by atoms with Gasteiger partial charge in [0.05, 0.1) is 32.0 Å². The maximum absolute atomic E-state index is 14.3. The minimum atomic E-state index is -0.577. The summed E-state index contributed by atoms with van der Waals surface area (Å²) in [6.45, 7) is 1.56. The second-order valence-electron chi connectivity index (χ2n) is 5.42. The molecule has 1 aliphatic rings. The number of hydrogen-bond acceptors (Lipinski definition) is 5. The van der Waals surface area contributed by atoms with Crippen molar-refractivity contribution in [2.75, 3.05) is 32.3 Å². The number of fused-ring (bicyclic) bond motifs is 1. The smallest absolute Gasteiger partial charge is 0.338 e. The number of carbonyl (C=O) groups is 1. The van der Waals surface area contributed by atoms with E-state index in [1.54, 1.807) is 13.2 Å². The van der Waals surface area contributed by atoms with Gasteiger partial charge in [0.25, 0.3) is 0 Å². The first-order valence-electron chi connectivity index (χ1n) is 7.55. The zero-order valence-electron chi connectivity index (χ0n) is 13.5. The molecule has 0 spiro atoms. The summed E-state index contributed by atoms with van der Waals surface area (Å²) in [6.07, 6.45) is 0. The number of hydrogen-bond donors (Lipinski definition) is 0. The average molecular weight is 331 g/mol. The fourth-order valence-corrected chi connectivity index (χ4v) is 2.69. The van der Waals surface area contributed by atoms with Gasteiger partial charge in [0.15, 0.2) is 11.6 Å². The number of esters is 1. The Morgan fingerprint density at radius 1 is 1.25 bits per heavy atom. The molecular weight excluding hydrogens is 313 g/mol. The lowest BCUT2D eigenvalue weighted by Crippen LogP contribution is -2.33. The van der Waals surface area contributed by atoms with E-state index in [0.29, 0.717) is 25.4 Å². The Balaban J connectivity index is 1.91. The molecule has 0 saturated carbocycles. The van der Waals surface area contributed by atoms with Crippen molar-refractivity contribution in [3.8, 4) is 11.5 Å². The Morgan fingerprint density at radius 3 is 2.67 bits per heavy atom. The summed E-state index contributed by atoms with van der Waals surface area (Å²) in [5.74, 6) is -0.193. The first-order valence-corrected chi connectivity index (χ1v) is 7.55. The zero-order valence-corrected chi connectivity index (χ0v) is 13.5. The molecule has 24 heavy (non-hydrogen) atoms. The van der Waals surface area contributed by atoms with Crippen LogP contribution in [0.5, 0.6) is 11.5 Å². The molecule has 1 heterocycles. The Morgan fingerprint density at radius 2 is 2.00 bits per heavy atom. The number of ether oxygens (including phenoxy) is 3. The summed E-state index contributed by atoms with van der Waals surface area (Å²) in [5, 5.41) is 0. The molecule has 0 aliphatic carbocycles. The third-order valence-electron chi connectivity index (χ3n) is 3.93. The molecule has 0 bridgehead atoms. The van der Waals surface area contributed by atoms with Gasteiger partial charge >= 0.3 is 5.97 Å². The molecule has 0 fully saturated rings. The highest BCUT2D eigenvalue weighted by molar-refractivity contribution is 5.91. The van der Waals surface area contributed by atoms with E-state index in [0.717, 1.165) is 17.4 Å². The second-order valence-corrected chi connectivity index (χ2v) is 5.42. The van der Waals surface area contributed by atoms with Gasteiger partial charge in [-0.2, -0.15) is 0 Å². The first-order chi connectivity index (χ1) is 11.6. The van der Waals surface area contributed by atoms with Gasteiger partial charge in [0.1, 0.15) is 12.4 Å². The SMILES string of the molecule is COC(=O)c1cc(F)c2c(c1)N(Cc1ccc(OC)cc1)CCO2. The van der Waals surface area contributed by atoms with E-state index in [2.05, 4.69) is 4.74 Å². The minimum absolute atomic E-state index is 0.166. The highest BCUT2D eigenvalue weighted by Gasteiger charge is 2.24. The normalized spacial score (nSPS) is 13.0. The second kappa shape index (κ2) is 6.78. The summed E-state index contributed by atoms with van der Waals surface area (Å²) >= 11 is 0. The summed E-state index contributed by atoms with van der Waals surface area (Å²) in [4.78, 5) is 13.7. The number of methoxy groups -OCH3 is 2. The van der Waals surface area contributed by atoms with Crippen LogP contribution in [-0.4, -0.2) is 33.3 Å². The van der Waals surface area contributed by atoms with Crippen molar-refractivity contribution < 1.29 is 23.4 Å². The number of rotatable bonds is 4. The number of halogens is 1. The van der Waals surface area contributed by atoms with Crippen LogP contribution < -0.4 is 14.4 Å². The Labute approximate surface area is 139 Å². The standard InChI is InChI=1S/C18H18FNO4/c1-22-14-5-3-12(4-6-14)11-20-7-8-24-17-15(19)9-13(10-16(17)20)18(21)23-2/h3-6,9-10H,7-8,11H2,1-2H3. The molecule has 0 amide bonds. The lowest BCUT2D eigenvalue weighted by atomic mass is 10.1. The molecular formula is C18H18FNO4. The van der Waals surface area contributed by atoms with Crippen molar-refractivity contribution in [2.45, 2.75) is 6.54 Å². The van der Waals surface area contributed by atoms with Crippen LogP contribution in [0.15, 0.2) is 36.4 Å². The molecule has 6 heteroatoms. The predicted molar refractivity (Wildman–Crippen MR) is 87.3 cm³/mol. The fourth-order valence-electron chi connectivity index (χ4n) is 2.69. The van der Waals surface area contributed by atoms with Crippen molar-refractivity contribution in [3.05, 3.63) is 53.3 Å². The molecule has 126 valence electrons. The van der Waals surface area contributed by atoms with Crippen LogP contribution >= 0.6 is 0 Å². The molecule has 0 aromatic heterocycles. The number of benzene rings is 2. The number of carbonyl (C=O) groups excluding carboxylic acids is 1. The fraction of sp³-hybridized carbons (Fsp3) is 0.278. The maximum atomic E-state index is 14.3. The van der Waals surface area contributed by atoms with Crippen LogP contribution in [0, 0.1) is 5.82 Å². The number of nitrogens with zero attached hydrogens (tertiary/aromatic N) is 1. The van der Waals surface area contributed by atoms with Crippen molar-refractivity contribution in [3.63, 3.8) is 0 Å². The summed E-state index contributed by atoms with van der Waals surface area (Å²) in [6, 6.07) is 10.4. The van der Waals surface area contributed by atoms with Crippen molar-refractivity contribution >= 4 is 11.7 Å². The Hall–Kier alpha value is -2.76. The predicted octanol–water partition coefficient (Wildman–Crippen LogP) is 3.02. The van der Waals surface area contributed by atoms with E-state index in [-0.39, 0.29) is 11.3 Å². The van der Waals surface area contributed by atoms with Crippen molar-refractivity contribution in [2.24, 2.45) is 0 Å². The van der Waals surface area contributed by atoms with E-state index in [4.69, 9.17) is 9.47 Å². The molecule has 0 N–H and O–H groups in total. The van der Waals surface area contributed by atoms with E-state index in [9.17, 15) is 9.18 Å². The number of anilines is 1. The third kappa shape index (κ3) is 3.13. The quantitative estimate of drug-likeness (QED) is 0.806. The lowest BCUT2D eigenvalue weighted by Gasteiger charge is -2.31. The molecule has 5 nitrogen and oxygen atoms in total. The Bertz CT molecular complexity index is 745. The largest absolute Gasteiger partial charge is 0.497 e. The van der Waals surface area contributed by atoms with Crippen LogP contribution in [-0.2, 0) is 11.3 Å². The topological polar surface area (TPSA) is 48.0 Å². The zero-order chi connectivity index (χ0) is 17.1. The summed E-state index contributed by atoms with van der Waals surface area (Å²) in [7, 11) is 2.88. The average Bonchev–Trinajstić information content (AvgIpc) is 2.62. The van der Waals surface area contributed by atoms with Crippen LogP contribution in [0.25, 0.3) is 0 Å². The van der Waals surface area contributed by atoms with Crippen molar-refractivity contribution in [1.82, 2.24) is 0 Å². The van der Waals surface area contributed by atoms with Crippen LogP contribution in [0.1, 0.15) is 15.9 Å². The maximum Gasteiger partial charge on any atom is 0.338 e. The van der Waals surface area contributed by atoms with Crippen LogP contribution in [0.3, 0.4) is 0 Å². The van der Waals surface area contributed by atoms with Gasteiger partial charge in [-0.1, -0.05) is 12.1 Å². The molecule has 0 radical (unpaired) electrons. The van der Waals surface area contributed by atoms with Crippen molar-refractivity contribution in [1.29, 1.82) is 0 Å². The van der Waals surface area contributed by atoms with E-state index < -0.39 is 11.8 Å². The van der Waals surface area contributed by atoms with Crippen LogP contribution in [0.4, 0.5) is 10.1 Å². The van der Waals surface area contributed by atoms with Gasteiger partial charge in [-0.25, -0.2) is 9.18 Å². The van der Waals surface area contributed by atoms with E-state index in [1.165, 1.54) is 7.11 Å². The summed E-state index contributed by atoms with van der Waals surface area (Å²) < 4.78 is 29.5. The van der Waals surface area contributed by atoms with E-state index >= 15 is 0 Å². The summed E-state index contributed by atoms with van der Waals surface area (Å²) in [5.41, 5.74) is 1.77. The Kier molecular flexibility index (Phi) is 4.55. The van der Waals surface area contributed by atoms with E-state index in [1.807, 2.05) is 29.2 Å². The minimum Gasteiger partial charge on any atom is -0.497 e. The van der Waals surface area contributed by atoms with Gasteiger partial charge in [-0.15, -0.1) is 0 Å². The lowest BCUT2D eigenvalue weighted by molar-refractivity contribution is 0.0600. The molecule has 0 atom stereocenters. The monoisotopic (exact) mass is 331 g/mol. The molecule has 2 aromatic carbocycles. The highest BCUT2D eigenvalue weighted by atomic mass is 19.1. The van der Waals surface area contributed by atoms with Crippen LogP contribution in [0.2, 0.25) is 0 Å². The molecule has 1 aliphatic heterocycles. The first kappa shape index (κ1) is 16.1. The molecule has 0 saturated heterocycles. The van der Waals surface area contributed by atoms with Gasteiger partial charge in [0.2, 0.25) is 0 Å². The molecule has 0 unspecified atom stereocenters. The third-order valence-corrected chi connectivity index (χ3v) is 3.93. The van der Waals surface area contributed by atoms with Gasteiger partial charge < -0.3 is 19.1 Å². The van der Waals surface area contributed by atoms with Gasteiger partial charge in [-0.05, 0) is 29.8 Å². The molecule has 2 aromatic rings.